The normalized spacial score (nSPS) is 10.4. The van der Waals surface area contributed by atoms with Gasteiger partial charge in [0.15, 0.2) is 0 Å². The van der Waals surface area contributed by atoms with Gasteiger partial charge >= 0.3 is 5.97 Å². The summed E-state index contributed by atoms with van der Waals surface area (Å²) in [5, 5.41) is 11.3. The first kappa shape index (κ1) is 14.5. The van der Waals surface area contributed by atoms with Crippen LogP contribution in [0.2, 0.25) is 0 Å². The maximum atomic E-state index is 12.3. The number of nitrogens with zero attached hydrogens (tertiary/aromatic N) is 1. The predicted octanol–water partition coefficient (Wildman–Crippen LogP) is 2.66. The van der Waals surface area contributed by atoms with Gasteiger partial charge in [0.1, 0.15) is 5.75 Å². The Hall–Kier alpha value is -3.48. The number of pyridine rings is 1. The highest BCUT2D eigenvalue weighted by molar-refractivity contribution is 6.04. The largest absolute Gasteiger partial charge is 0.423 e. The van der Waals surface area contributed by atoms with Crippen LogP contribution >= 0.6 is 0 Å². The van der Waals surface area contributed by atoms with Gasteiger partial charge in [0, 0.05) is 23.0 Å². The van der Waals surface area contributed by atoms with E-state index in [1.807, 2.05) is 0 Å². The Bertz CT molecular complexity index is 977. The minimum absolute atomic E-state index is 0.0357. The molecule has 0 amide bonds. The molecule has 23 heavy (non-hydrogen) atoms. The summed E-state index contributed by atoms with van der Waals surface area (Å²) in [7, 11) is 0. The van der Waals surface area contributed by atoms with E-state index in [-0.39, 0.29) is 17.0 Å². The topological polar surface area (TPSA) is 102 Å². The molecule has 2 aromatic carbocycles. The summed E-state index contributed by atoms with van der Waals surface area (Å²) < 4.78 is 5.16. The summed E-state index contributed by atoms with van der Waals surface area (Å²) in [5.74, 6) is -0.721. The zero-order valence-electron chi connectivity index (χ0n) is 11.7. The fourth-order valence-corrected chi connectivity index (χ4v) is 2.20. The Balaban J connectivity index is 2.00. The number of carbonyl (C=O) groups is 1. The van der Waals surface area contributed by atoms with E-state index in [0.29, 0.717) is 10.9 Å². The molecule has 0 aliphatic rings. The molecular formula is C16H10N2O5. The van der Waals surface area contributed by atoms with Crippen LogP contribution < -0.4 is 10.3 Å². The van der Waals surface area contributed by atoms with Crippen molar-refractivity contribution in [2.45, 2.75) is 0 Å². The minimum atomic E-state index is -0.757. The maximum Gasteiger partial charge on any atom is 0.344 e. The molecule has 7 heteroatoms. The number of para-hydroxylation sites is 1. The SMILES string of the molecule is O=C(Oc1cccc([N+](=O)[O-])c1)c1cc(=O)[nH]c2ccccc12. The number of aromatic nitrogens is 1. The highest BCUT2D eigenvalue weighted by atomic mass is 16.6. The zero-order valence-corrected chi connectivity index (χ0v) is 11.7. The van der Waals surface area contributed by atoms with Crippen molar-refractivity contribution < 1.29 is 14.5 Å². The Labute approximate surface area is 129 Å². The number of nitrogens with one attached hydrogen (secondary N) is 1. The standard InChI is InChI=1S/C16H10N2O5/c19-15-9-13(12-6-1-2-7-14(12)17-15)16(20)23-11-5-3-4-10(8-11)18(21)22/h1-9H,(H,17,19). The number of aromatic amines is 1. The number of ether oxygens (including phenoxy) is 1. The van der Waals surface area contributed by atoms with Gasteiger partial charge in [0.05, 0.1) is 16.6 Å². The Morgan fingerprint density at radius 3 is 2.65 bits per heavy atom. The summed E-state index contributed by atoms with van der Waals surface area (Å²) in [4.78, 5) is 36.8. The zero-order chi connectivity index (χ0) is 16.4. The van der Waals surface area contributed by atoms with E-state index >= 15 is 0 Å². The van der Waals surface area contributed by atoms with Gasteiger partial charge in [-0.1, -0.05) is 24.3 Å². The number of carbonyl (C=O) groups excluding carboxylic acids is 1. The molecule has 1 aromatic heterocycles. The lowest BCUT2D eigenvalue weighted by Gasteiger charge is -2.06. The number of non-ortho nitro benzene ring substituents is 1. The van der Waals surface area contributed by atoms with Gasteiger partial charge in [-0.25, -0.2) is 4.79 Å². The average molecular weight is 310 g/mol. The molecular weight excluding hydrogens is 300 g/mol. The smallest absolute Gasteiger partial charge is 0.344 e. The first-order valence-electron chi connectivity index (χ1n) is 6.63. The van der Waals surface area contributed by atoms with E-state index < -0.39 is 16.5 Å². The third kappa shape index (κ3) is 2.93. The number of esters is 1. The summed E-state index contributed by atoms with van der Waals surface area (Å²) in [6.07, 6.45) is 0. The van der Waals surface area contributed by atoms with Crippen molar-refractivity contribution in [2.75, 3.05) is 0 Å². The monoisotopic (exact) mass is 310 g/mol. The van der Waals surface area contributed by atoms with E-state index in [1.54, 1.807) is 24.3 Å². The maximum absolute atomic E-state index is 12.3. The van der Waals surface area contributed by atoms with Gasteiger partial charge in [0.25, 0.3) is 5.69 Å². The number of rotatable bonds is 3. The molecule has 0 unspecified atom stereocenters. The summed E-state index contributed by atoms with van der Waals surface area (Å²) >= 11 is 0. The van der Waals surface area contributed by atoms with Crippen molar-refractivity contribution in [3.05, 3.63) is 80.6 Å². The number of benzene rings is 2. The van der Waals surface area contributed by atoms with Crippen LogP contribution in [-0.2, 0) is 0 Å². The second-order valence-electron chi connectivity index (χ2n) is 4.74. The van der Waals surface area contributed by atoms with Gasteiger partial charge in [-0.2, -0.15) is 0 Å². The Morgan fingerprint density at radius 1 is 1.09 bits per heavy atom. The van der Waals surface area contributed by atoms with Gasteiger partial charge in [-0.3, -0.25) is 14.9 Å². The van der Waals surface area contributed by atoms with Crippen molar-refractivity contribution in [2.24, 2.45) is 0 Å². The summed E-state index contributed by atoms with van der Waals surface area (Å²) in [5.41, 5.74) is -0.0254. The Kier molecular flexibility index (Phi) is 3.60. The summed E-state index contributed by atoms with van der Waals surface area (Å²) in [6.45, 7) is 0. The number of nitro groups is 1. The molecule has 0 aliphatic carbocycles. The van der Waals surface area contributed by atoms with Crippen LogP contribution in [0.15, 0.2) is 59.4 Å². The molecule has 0 radical (unpaired) electrons. The van der Waals surface area contributed by atoms with Crippen LogP contribution in [-0.4, -0.2) is 15.9 Å². The first-order valence-corrected chi connectivity index (χ1v) is 6.63. The lowest BCUT2D eigenvalue weighted by Crippen LogP contribution is -2.14. The van der Waals surface area contributed by atoms with E-state index in [2.05, 4.69) is 4.98 Å². The molecule has 0 spiro atoms. The number of hydrogen-bond donors (Lipinski definition) is 1. The van der Waals surface area contributed by atoms with Crippen LogP contribution in [0.3, 0.4) is 0 Å². The predicted molar refractivity (Wildman–Crippen MR) is 82.6 cm³/mol. The second-order valence-corrected chi connectivity index (χ2v) is 4.74. The highest BCUT2D eigenvalue weighted by Crippen LogP contribution is 2.21. The third-order valence-corrected chi connectivity index (χ3v) is 3.21. The lowest BCUT2D eigenvalue weighted by atomic mass is 10.1. The highest BCUT2D eigenvalue weighted by Gasteiger charge is 2.15. The van der Waals surface area contributed by atoms with E-state index in [1.165, 1.54) is 18.2 Å². The third-order valence-electron chi connectivity index (χ3n) is 3.21. The molecule has 114 valence electrons. The quantitative estimate of drug-likeness (QED) is 0.347. The molecule has 7 nitrogen and oxygen atoms in total. The van der Waals surface area contributed by atoms with Crippen LogP contribution in [0.1, 0.15) is 10.4 Å². The van der Waals surface area contributed by atoms with Crippen LogP contribution in [0, 0.1) is 10.1 Å². The second kappa shape index (κ2) is 5.72. The van der Waals surface area contributed by atoms with Gasteiger partial charge in [-0.15, -0.1) is 0 Å². The molecule has 0 atom stereocenters. The molecule has 3 rings (SSSR count). The minimum Gasteiger partial charge on any atom is -0.423 e. The molecule has 0 aliphatic heterocycles. The van der Waals surface area contributed by atoms with E-state index in [0.717, 1.165) is 12.1 Å². The van der Waals surface area contributed by atoms with Gasteiger partial charge in [-0.05, 0) is 12.1 Å². The van der Waals surface area contributed by atoms with Crippen LogP contribution in [0.5, 0.6) is 5.75 Å². The van der Waals surface area contributed by atoms with Crippen LogP contribution in [0.4, 0.5) is 5.69 Å². The van der Waals surface area contributed by atoms with E-state index in [4.69, 9.17) is 4.74 Å². The van der Waals surface area contributed by atoms with Crippen molar-refractivity contribution in [1.29, 1.82) is 0 Å². The number of fused-ring (bicyclic) bond motifs is 1. The van der Waals surface area contributed by atoms with Gasteiger partial charge in [0.2, 0.25) is 5.56 Å². The van der Waals surface area contributed by atoms with Crippen molar-refractivity contribution in [3.63, 3.8) is 0 Å². The first-order chi connectivity index (χ1) is 11.0. The number of H-pyrrole nitrogens is 1. The molecule has 1 heterocycles. The van der Waals surface area contributed by atoms with Crippen molar-refractivity contribution >= 4 is 22.6 Å². The lowest BCUT2D eigenvalue weighted by molar-refractivity contribution is -0.384. The molecule has 0 bridgehead atoms. The number of nitro benzene ring substituents is 1. The van der Waals surface area contributed by atoms with Crippen LogP contribution in [0.25, 0.3) is 10.9 Å². The summed E-state index contributed by atoms with van der Waals surface area (Å²) in [6, 6.07) is 13.2. The fraction of sp³-hybridized carbons (Fsp3) is 0. The molecule has 0 fully saturated rings. The fourth-order valence-electron chi connectivity index (χ4n) is 2.20. The number of hydrogen-bond acceptors (Lipinski definition) is 5. The van der Waals surface area contributed by atoms with Crippen molar-refractivity contribution in [1.82, 2.24) is 4.98 Å². The molecule has 3 aromatic rings. The average Bonchev–Trinajstić information content (AvgIpc) is 2.54. The molecule has 0 saturated carbocycles. The van der Waals surface area contributed by atoms with Crippen molar-refractivity contribution in [3.8, 4) is 5.75 Å². The molecule has 1 N–H and O–H groups in total. The van der Waals surface area contributed by atoms with Gasteiger partial charge < -0.3 is 9.72 Å². The Morgan fingerprint density at radius 2 is 1.87 bits per heavy atom. The van der Waals surface area contributed by atoms with E-state index in [9.17, 15) is 19.7 Å². The molecule has 0 saturated heterocycles.